The van der Waals surface area contributed by atoms with Gasteiger partial charge in [-0.25, -0.2) is 0 Å². The minimum Gasteiger partial charge on any atom is -0.405 e. The maximum Gasteiger partial charge on any atom is 0.573 e. The molecular formula is C19H26F3N5O2. The van der Waals surface area contributed by atoms with Crippen LogP contribution in [-0.4, -0.2) is 61.9 Å². The highest BCUT2D eigenvalue weighted by Gasteiger charge is 2.42. The fraction of sp³-hybridized carbons (Fsp3) is 0.579. The third-order valence-electron chi connectivity index (χ3n) is 5.19. The van der Waals surface area contributed by atoms with Crippen LogP contribution in [0.3, 0.4) is 0 Å². The van der Waals surface area contributed by atoms with Crippen LogP contribution in [0.5, 0.6) is 5.75 Å². The summed E-state index contributed by atoms with van der Waals surface area (Å²) in [6.45, 7) is 1.81. The van der Waals surface area contributed by atoms with Crippen molar-refractivity contribution in [3.8, 4) is 5.75 Å². The summed E-state index contributed by atoms with van der Waals surface area (Å²) in [5.74, 6) is 0.0760. The van der Waals surface area contributed by atoms with E-state index in [-0.39, 0.29) is 36.2 Å². The molecule has 7 nitrogen and oxygen atoms in total. The van der Waals surface area contributed by atoms with E-state index in [4.69, 9.17) is 5.73 Å². The number of rotatable bonds is 6. The number of piperidine rings is 1. The molecule has 1 aromatic rings. The van der Waals surface area contributed by atoms with Gasteiger partial charge in [0.05, 0.1) is 6.54 Å². The van der Waals surface area contributed by atoms with E-state index in [0.29, 0.717) is 17.9 Å². The number of alkyl halides is 3. The predicted octanol–water partition coefficient (Wildman–Crippen LogP) is 1.56. The first kappa shape index (κ1) is 21.2. The number of likely N-dealkylation sites (tertiary alicyclic amines) is 1. The molecule has 10 heteroatoms. The smallest absolute Gasteiger partial charge is 0.405 e. The van der Waals surface area contributed by atoms with Gasteiger partial charge in [-0.3, -0.25) is 14.7 Å². The lowest BCUT2D eigenvalue weighted by molar-refractivity contribution is -0.274. The molecule has 1 aromatic carbocycles. The van der Waals surface area contributed by atoms with Crippen molar-refractivity contribution in [3.63, 3.8) is 0 Å². The summed E-state index contributed by atoms with van der Waals surface area (Å²) >= 11 is 0. The molecule has 0 bridgehead atoms. The zero-order chi connectivity index (χ0) is 21.0. The number of hydrogen-bond acceptors (Lipinski definition) is 4. The van der Waals surface area contributed by atoms with Crippen LogP contribution in [0.4, 0.5) is 13.2 Å². The van der Waals surface area contributed by atoms with Gasteiger partial charge in [0, 0.05) is 38.1 Å². The number of ether oxygens (including phenoxy) is 1. The Bertz CT molecular complexity index is 748. The molecule has 1 saturated carbocycles. The standard InChI is InChI=1S/C19H26F3N5O2/c1-24-18(25-12-6-8-27(9-7-12)11-17(23)28)26-15-10-14(15)13-4-2-3-5-16(13)29-19(20,21)22/h2-5,12,14-15H,6-11H2,1H3,(H2,23,28)(H2,24,25,26). The molecule has 1 heterocycles. The SMILES string of the molecule is CN=C(NC1CCN(CC(N)=O)CC1)NC1CC1c1ccccc1OC(F)(F)F. The van der Waals surface area contributed by atoms with E-state index < -0.39 is 6.36 Å². The highest BCUT2D eigenvalue weighted by atomic mass is 19.4. The van der Waals surface area contributed by atoms with Crippen LogP contribution in [0.25, 0.3) is 0 Å². The van der Waals surface area contributed by atoms with E-state index in [2.05, 4.69) is 20.4 Å². The molecule has 1 amide bonds. The van der Waals surface area contributed by atoms with Crippen LogP contribution >= 0.6 is 0 Å². The summed E-state index contributed by atoms with van der Waals surface area (Å²) < 4.78 is 42.0. The lowest BCUT2D eigenvalue weighted by atomic mass is 10.1. The summed E-state index contributed by atoms with van der Waals surface area (Å²) in [6.07, 6.45) is -2.31. The number of carbonyl (C=O) groups excluding carboxylic acids is 1. The fourth-order valence-corrected chi connectivity index (χ4v) is 3.70. The molecule has 2 atom stereocenters. The van der Waals surface area contributed by atoms with E-state index in [1.165, 1.54) is 12.1 Å². The lowest BCUT2D eigenvalue weighted by Gasteiger charge is -2.32. The first-order chi connectivity index (χ1) is 13.7. The maximum atomic E-state index is 12.6. The van der Waals surface area contributed by atoms with Crippen molar-refractivity contribution in [2.24, 2.45) is 10.7 Å². The Morgan fingerprint density at radius 3 is 2.59 bits per heavy atom. The van der Waals surface area contributed by atoms with Crippen molar-refractivity contribution in [2.45, 2.75) is 43.6 Å². The predicted molar refractivity (Wildman–Crippen MR) is 103 cm³/mol. The van der Waals surface area contributed by atoms with Crippen molar-refractivity contribution in [1.82, 2.24) is 15.5 Å². The summed E-state index contributed by atoms with van der Waals surface area (Å²) in [5.41, 5.74) is 5.77. The van der Waals surface area contributed by atoms with E-state index >= 15 is 0 Å². The van der Waals surface area contributed by atoms with Gasteiger partial charge in [0.25, 0.3) is 0 Å². The number of nitrogens with one attached hydrogen (secondary N) is 2. The Balaban J connectivity index is 1.51. The molecular weight excluding hydrogens is 387 g/mol. The van der Waals surface area contributed by atoms with E-state index in [1.54, 1.807) is 19.2 Å². The largest absolute Gasteiger partial charge is 0.573 e. The average molecular weight is 413 g/mol. The van der Waals surface area contributed by atoms with E-state index in [0.717, 1.165) is 25.9 Å². The second kappa shape index (κ2) is 8.89. The highest BCUT2D eigenvalue weighted by molar-refractivity contribution is 5.81. The number of halogens is 3. The maximum absolute atomic E-state index is 12.6. The monoisotopic (exact) mass is 413 g/mol. The van der Waals surface area contributed by atoms with Gasteiger partial charge in [-0.1, -0.05) is 18.2 Å². The summed E-state index contributed by atoms with van der Waals surface area (Å²) in [4.78, 5) is 17.3. The number of primary amides is 1. The quantitative estimate of drug-likeness (QED) is 0.486. The summed E-state index contributed by atoms with van der Waals surface area (Å²) in [7, 11) is 1.66. The molecule has 3 rings (SSSR count). The summed E-state index contributed by atoms with van der Waals surface area (Å²) in [5, 5.41) is 6.64. The Hall–Kier alpha value is -2.49. The van der Waals surface area contributed by atoms with Gasteiger partial charge in [0.2, 0.25) is 5.91 Å². The van der Waals surface area contributed by atoms with Crippen LogP contribution in [-0.2, 0) is 4.79 Å². The van der Waals surface area contributed by atoms with Crippen LogP contribution in [0.2, 0.25) is 0 Å². The number of carbonyl (C=O) groups is 1. The molecule has 2 unspecified atom stereocenters. The zero-order valence-electron chi connectivity index (χ0n) is 16.2. The van der Waals surface area contributed by atoms with Gasteiger partial charge in [0.1, 0.15) is 5.75 Å². The number of amides is 1. The van der Waals surface area contributed by atoms with Crippen molar-refractivity contribution < 1.29 is 22.7 Å². The molecule has 1 saturated heterocycles. The average Bonchev–Trinajstić information content (AvgIpc) is 3.40. The molecule has 1 aliphatic carbocycles. The minimum atomic E-state index is -4.71. The Kier molecular flexibility index (Phi) is 6.51. The van der Waals surface area contributed by atoms with Crippen LogP contribution in [0.1, 0.15) is 30.7 Å². The molecule has 2 fully saturated rings. The molecule has 1 aliphatic heterocycles. The van der Waals surface area contributed by atoms with Crippen LogP contribution in [0.15, 0.2) is 29.3 Å². The number of para-hydroxylation sites is 1. The Morgan fingerprint density at radius 1 is 1.28 bits per heavy atom. The Morgan fingerprint density at radius 2 is 1.97 bits per heavy atom. The number of guanidine groups is 1. The normalized spacial score (nSPS) is 23.5. The van der Waals surface area contributed by atoms with Crippen molar-refractivity contribution in [3.05, 3.63) is 29.8 Å². The number of benzene rings is 1. The topological polar surface area (TPSA) is 92.0 Å². The van der Waals surface area contributed by atoms with Gasteiger partial charge in [0.15, 0.2) is 5.96 Å². The zero-order valence-corrected chi connectivity index (χ0v) is 16.2. The van der Waals surface area contributed by atoms with Gasteiger partial charge in [-0.05, 0) is 30.9 Å². The van der Waals surface area contributed by atoms with Gasteiger partial charge in [-0.15, -0.1) is 13.2 Å². The first-order valence-electron chi connectivity index (χ1n) is 9.60. The first-order valence-corrected chi connectivity index (χ1v) is 9.60. The molecule has 2 aliphatic rings. The minimum absolute atomic E-state index is 0.00543. The number of nitrogens with two attached hydrogens (primary N) is 1. The van der Waals surface area contributed by atoms with Gasteiger partial charge in [-0.2, -0.15) is 0 Å². The van der Waals surface area contributed by atoms with Crippen molar-refractivity contribution in [2.75, 3.05) is 26.7 Å². The molecule has 0 radical (unpaired) electrons. The highest BCUT2D eigenvalue weighted by Crippen LogP contribution is 2.45. The number of aliphatic imine (C=N–C) groups is 1. The summed E-state index contributed by atoms with van der Waals surface area (Å²) in [6, 6.07) is 6.45. The van der Waals surface area contributed by atoms with Gasteiger partial charge >= 0.3 is 6.36 Å². The van der Waals surface area contributed by atoms with Crippen molar-refractivity contribution in [1.29, 1.82) is 0 Å². The Labute approximate surface area is 167 Å². The molecule has 160 valence electrons. The molecule has 4 N–H and O–H groups in total. The lowest BCUT2D eigenvalue weighted by Crippen LogP contribution is -2.50. The van der Waals surface area contributed by atoms with Crippen LogP contribution < -0.4 is 21.1 Å². The van der Waals surface area contributed by atoms with Crippen LogP contribution in [0, 0.1) is 0 Å². The number of hydrogen-bond donors (Lipinski definition) is 3. The van der Waals surface area contributed by atoms with E-state index in [1.807, 2.05) is 4.90 Å². The van der Waals surface area contributed by atoms with Crippen molar-refractivity contribution >= 4 is 11.9 Å². The second-order valence-electron chi connectivity index (χ2n) is 7.41. The number of nitrogens with zero attached hydrogens (tertiary/aromatic N) is 2. The van der Waals surface area contributed by atoms with Gasteiger partial charge < -0.3 is 21.1 Å². The third kappa shape index (κ3) is 6.25. The molecule has 0 aromatic heterocycles. The molecule has 29 heavy (non-hydrogen) atoms. The second-order valence-corrected chi connectivity index (χ2v) is 7.41. The van der Waals surface area contributed by atoms with E-state index in [9.17, 15) is 18.0 Å². The fourth-order valence-electron chi connectivity index (χ4n) is 3.70. The molecule has 0 spiro atoms. The third-order valence-corrected chi connectivity index (χ3v) is 5.19.